The Morgan fingerprint density at radius 3 is 2.59 bits per heavy atom. The summed E-state index contributed by atoms with van der Waals surface area (Å²) in [6, 6.07) is 6.25. The molecule has 170 valence electrons. The molecule has 2 atom stereocenters. The molecular formula is C24H27FNO5P. The van der Waals surface area contributed by atoms with Crippen molar-refractivity contribution in [3.05, 3.63) is 52.6 Å². The van der Waals surface area contributed by atoms with E-state index in [4.69, 9.17) is 14.6 Å². The summed E-state index contributed by atoms with van der Waals surface area (Å²) in [5.41, 5.74) is 5.26. The highest BCUT2D eigenvalue weighted by atomic mass is 31.1. The first kappa shape index (κ1) is 24.1. The summed E-state index contributed by atoms with van der Waals surface area (Å²) in [5, 5.41) is 9.65. The van der Waals surface area contributed by atoms with Crippen LogP contribution < -0.4 is 0 Å². The number of fused-ring (bicyclic) bond motifs is 1. The summed E-state index contributed by atoms with van der Waals surface area (Å²) in [6.07, 6.45) is 4.18. The molecule has 3 rings (SSSR count). The maximum Gasteiger partial charge on any atom is 0.322 e. The van der Waals surface area contributed by atoms with Gasteiger partial charge in [-0.1, -0.05) is 26.0 Å². The van der Waals surface area contributed by atoms with Gasteiger partial charge in [0.25, 0.3) is 0 Å². The average Bonchev–Trinajstić information content (AvgIpc) is 2.73. The summed E-state index contributed by atoms with van der Waals surface area (Å²) < 4.78 is 29.4. The molecule has 1 aliphatic rings. The van der Waals surface area contributed by atoms with Gasteiger partial charge in [-0.2, -0.15) is 0 Å². The van der Waals surface area contributed by atoms with Crippen molar-refractivity contribution < 1.29 is 28.5 Å². The van der Waals surface area contributed by atoms with Gasteiger partial charge in [-0.05, 0) is 60.8 Å². The van der Waals surface area contributed by atoms with E-state index in [1.807, 2.05) is 13.8 Å². The Balaban J connectivity index is 2.01. The summed E-state index contributed by atoms with van der Waals surface area (Å²) in [4.78, 5) is 25.7. The molecule has 0 aliphatic heterocycles. The van der Waals surface area contributed by atoms with Gasteiger partial charge in [0, 0.05) is 17.4 Å². The number of aliphatic hydroxyl groups excluding tert-OH is 1. The van der Waals surface area contributed by atoms with Crippen LogP contribution in [-0.4, -0.2) is 33.2 Å². The number of aliphatic hydroxyl groups is 1. The van der Waals surface area contributed by atoms with Crippen LogP contribution in [-0.2, 0) is 26.9 Å². The molecule has 1 aromatic heterocycles. The Kier molecular flexibility index (Phi) is 8.20. The zero-order valence-electron chi connectivity index (χ0n) is 18.2. The lowest BCUT2D eigenvalue weighted by atomic mass is 9.84. The number of hydrogen-bond donors (Lipinski definition) is 2. The number of carbonyl (C=O) groups is 1. The summed E-state index contributed by atoms with van der Waals surface area (Å²) in [6.45, 7) is 4.02. The van der Waals surface area contributed by atoms with Crippen molar-refractivity contribution in [2.24, 2.45) is 0 Å². The number of benzene rings is 1. The fraction of sp³-hybridized carbons (Fsp3) is 0.417. The molecule has 1 aliphatic carbocycles. The van der Waals surface area contributed by atoms with Gasteiger partial charge < -0.3 is 14.7 Å². The Morgan fingerprint density at radius 1 is 1.25 bits per heavy atom. The summed E-state index contributed by atoms with van der Waals surface area (Å²) in [5.74, 6) is 1.89. The molecule has 0 amide bonds. The van der Waals surface area contributed by atoms with E-state index in [1.54, 1.807) is 12.1 Å². The molecule has 32 heavy (non-hydrogen) atoms. The van der Waals surface area contributed by atoms with Crippen LogP contribution in [0.5, 0.6) is 0 Å². The van der Waals surface area contributed by atoms with Crippen LogP contribution in [0.3, 0.4) is 0 Å². The smallest absolute Gasteiger partial charge is 0.322 e. The minimum atomic E-state index is -2.88. The Morgan fingerprint density at radius 2 is 1.94 bits per heavy atom. The number of halogens is 1. The molecule has 2 unspecified atom stereocenters. The molecular weight excluding hydrogens is 432 g/mol. The lowest BCUT2D eigenvalue weighted by Gasteiger charge is -2.23. The second kappa shape index (κ2) is 10.9. The molecule has 0 saturated heterocycles. The van der Waals surface area contributed by atoms with Crippen LogP contribution in [0.4, 0.5) is 4.39 Å². The number of aromatic nitrogens is 1. The maximum atomic E-state index is 13.6. The van der Waals surface area contributed by atoms with Crippen LogP contribution in [0, 0.1) is 17.8 Å². The predicted molar refractivity (Wildman–Crippen MR) is 120 cm³/mol. The highest BCUT2D eigenvalue weighted by Gasteiger charge is 2.23. The van der Waals surface area contributed by atoms with Gasteiger partial charge in [-0.25, -0.2) is 4.39 Å². The monoisotopic (exact) mass is 459 g/mol. The van der Waals surface area contributed by atoms with Crippen molar-refractivity contribution >= 4 is 14.0 Å². The molecule has 1 heterocycles. The van der Waals surface area contributed by atoms with Crippen molar-refractivity contribution in [2.45, 2.75) is 58.0 Å². The predicted octanol–water partition coefficient (Wildman–Crippen LogP) is 3.96. The molecule has 2 N–H and O–H groups in total. The van der Waals surface area contributed by atoms with Gasteiger partial charge in [0.15, 0.2) is 8.03 Å². The van der Waals surface area contributed by atoms with Crippen LogP contribution in [0.15, 0.2) is 24.3 Å². The van der Waals surface area contributed by atoms with Crippen molar-refractivity contribution in [3.8, 4) is 23.2 Å². The van der Waals surface area contributed by atoms with Crippen LogP contribution >= 0.6 is 8.03 Å². The first-order valence-corrected chi connectivity index (χ1v) is 12.2. The first-order chi connectivity index (χ1) is 15.3. The van der Waals surface area contributed by atoms with E-state index >= 15 is 0 Å². The standard InChI is InChI=1S/C24H27FNO5P/c1-15(2)24-20(11-12-31-22(28)13-18(27)14-32(29)30)23(16-7-9-17(25)10-8-16)19-5-3-4-6-21(19)26-24/h7-10,15,18,27,32H,3-6,13-14H2,1-2H3,(H,29,30). The molecule has 0 saturated carbocycles. The normalized spacial score (nSPS) is 14.8. The van der Waals surface area contributed by atoms with E-state index in [-0.39, 0.29) is 17.9 Å². The van der Waals surface area contributed by atoms with E-state index in [0.29, 0.717) is 5.56 Å². The molecule has 0 fully saturated rings. The van der Waals surface area contributed by atoms with Crippen LogP contribution in [0.25, 0.3) is 11.1 Å². The van der Waals surface area contributed by atoms with E-state index in [2.05, 4.69) is 12.0 Å². The topological polar surface area (TPSA) is 96.7 Å². The molecule has 8 heteroatoms. The molecule has 0 spiro atoms. The van der Waals surface area contributed by atoms with Gasteiger partial charge in [-0.3, -0.25) is 14.3 Å². The maximum absolute atomic E-state index is 13.6. The van der Waals surface area contributed by atoms with Crippen LogP contribution in [0.2, 0.25) is 0 Å². The lowest BCUT2D eigenvalue weighted by molar-refractivity contribution is -0.138. The molecule has 0 radical (unpaired) electrons. The fourth-order valence-corrected chi connectivity index (χ4v) is 4.43. The zero-order chi connectivity index (χ0) is 23.3. The highest BCUT2D eigenvalue weighted by Crippen LogP contribution is 2.37. The molecule has 2 aromatic rings. The number of aryl methyl sites for hydroxylation is 1. The van der Waals surface area contributed by atoms with Gasteiger partial charge >= 0.3 is 5.97 Å². The van der Waals surface area contributed by atoms with E-state index in [1.165, 1.54) is 12.1 Å². The quantitative estimate of drug-likeness (QED) is 0.386. The van der Waals surface area contributed by atoms with Gasteiger partial charge in [0.05, 0.1) is 23.8 Å². The number of rotatable bonds is 6. The minimum Gasteiger partial charge on any atom is -0.392 e. The Hall–Kier alpha value is -2.52. The molecule has 0 bridgehead atoms. The number of ether oxygens (including phenoxy) is 1. The third kappa shape index (κ3) is 6.04. The summed E-state index contributed by atoms with van der Waals surface area (Å²) >= 11 is 0. The fourth-order valence-electron chi connectivity index (χ4n) is 3.88. The van der Waals surface area contributed by atoms with E-state index < -0.39 is 26.5 Å². The second-order valence-corrected chi connectivity index (χ2v) is 9.39. The highest BCUT2D eigenvalue weighted by molar-refractivity contribution is 7.38. The number of carbonyl (C=O) groups excluding carboxylic acids is 1. The number of nitrogens with zero attached hydrogens (tertiary/aromatic N) is 1. The lowest BCUT2D eigenvalue weighted by Crippen LogP contribution is -2.16. The van der Waals surface area contributed by atoms with Gasteiger partial charge in [-0.15, -0.1) is 0 Å². The number of hydrogen-bond acceptors (Lipinski definition) is 5. The third-order valence-corrected chi connectivity index (χ3v) is 6.16. The second-order valence-electron chi connectivity index (χ2n) is 8.20. The molecule has 6 nitrogen and oxygen atoms in total. The van der Waals surface area contributed by atoms with Gasteiger partial charge in [0.2, 0.25) is 0 Å². The van der Waals surface area contributed by atoms with Crippen molar-refractivity contribution in [1.29, 1.82) is 0 Å². The van der Waals surface area contributed by atoms with E-state index in [9.17, 15) is 18.9 Å². The minimum absolute atomic E-state index is 0.0606. The molecule has 1 aromatic carbocycles. The van der Waals surface area contributed by atoms with E-state index in [0.717, 1.165) is 53.8 Å². The third-order valence-electron chi connectivity index (χ3n) is 5.34. The van der Waals surface area contributed by atoms with Crippen molar-refractivity contribution in [1.82, 2.24) is 4.98 Å². The largest absolute Gasteiger partial charge is 0.392 e. The van der Waals surface area contributed by atoms with Crippen molar-refractivity contribution in [2.75, 3.05) is 6.16 Å². The SMILES string of the molecule is CC(C)c1nc2c(c(-c3ccc(F)cc3)c1C#COC(=O)CC(O)C[PH](=O)O)CCCC2. The van der Waals surface area contributed by atoms with Crippen LogP contribution in [0.1, 0.15) is 61.5 Å². The first-order valence-electron chi connectivity index (χ1n) is 10.7. The zero-order valence-corrected chi connectivity index (χ0v) is 19.2. The average molecular weight is 459 g/mol. The Bertz CT molecular complexity index is 1070. The summed E-state index contributed by atoms with van der Waals surface area (Å²) in [7, 11) is -2.88. The number of esters is 1. The van der Waals surface area contributed by atoms with Gasteiger partial charge in [0.1, 0.15) is 11.9 Å². The Labute approximate surface area is 187 Å². The van der Waals surface area contributed by atoms with Crippen molar-refractivity contribution in [3.63, 3.8) is 0 Å². The number of pyridine rings is 1.